The first-order chi connectivity index (χ1) is 14.0. The van der Waals surface area contributed by atoms with Crippen molar-refractivity contribution in [3.05, 3.63) is 48.5 Å². The summed E-state index contributed by atoms with van der Waals surface area (Å²) in [5.41, 5.74) is 1.09. The third-order valence-corrected chi connectivity index (χ3v) is 6.09. The molecular weight excluding hydrogens is 370 g/mol. The van der Waals surface area contributed by atoms with Gasteiger partial charge in [-0.2, -0.15) is 0 Å². The summed E-state index contributed by atoms with van der Waals surface area (Å²) in [7, 11) is 0. The Kier molecular flexibility index (Phi) is 5.06. The molecule has 1 saturated heterocycles. The zero-order valence-corrected chi connectivity index (χ0v) is 16.7. The molecule has 1 fully saturated rings. The van der Waals surface area contributed by atoms with Crippen LogP contribution in [0.5, 0.6) is 0 Å². The number of rotatable bonds is 5. The lowest BCUT2D eigenvalue weighted by molar-refractivity contribution is -0.0948. The molecule has 1 amide bonds. The fourth-order valence-electron chi connectivity index (χ4n) is 4.16. The number of anilines is 1. The van der Waals surface area contributed by atoms with Crippen molar-refractivity contribution in [2.45, 2.75) is 51.5 Å². The number of nitrogens with zero attached hydrogens (tertiary/aromatic N) is 4. The Morgan fingerprint density at radius 1 is 1.21 bits per heavy atom. The maximum Gasteiger partial charge on any atom is 0.256 e. The molecule has 2 N–H and O–H groups in total. The van der Waals surface area contributed by atoms with Gasteiger partial charge in [0.05, 0.1) is 11.9 Å². The van der Waals surface area contributed by atoms with Crippen LogP contribution in [-0.2, 0) is 4.74 Å². The highest BCUT2D eigenvalue weighted by Gasteiger charge is 2.51. The molecule has 0 radical (unpaired) electrons. The molecule has 1 aromatic carbocycles. The highest BCUT2D eigenvalue weighted by atomic mass is 16.5. The Hall–Kier alpha value is -2.84. The van der Waals surface area contributed by atoms with Crippen molar-refractivity contribution < 1.29 is 14.6 Å². The van der Waals surface area contributed by atoms with Gasteiger partial charge in [0.25, 0.3) is 5.91 Å². The van der Waals surface area contributed by atoms with E-state index in [-0.39, 0.29) is 11.8 Å². The van der Waals surface area contributed by atoms with Crippen molar-refractivity contribution >= 4 is 22.9 Å². The summed E-state index contributed by atoms with van der Waals surface area (Å²) >= 11 is 0. The predicted octanol–water partition coefficient (Wildman–Crippen LogP) is 3.16. The summed E-state index contributed by atoms with van der Waals surface area (Å²) in [6.07, 6.45) is 3.28. The number of aromatic nitrogens is 4. The van der Waals surface area contributed by atoms with E-state index in [2.05, 4.69) is 34.1 Å². The normalized spacial score (nSPS) is 23.4. The molecular formula is C21H25N5O3. The largest absolute Gasteiger partial charge is 0.388 e. The van der Waals surface area contributed by atoms with E-state index in [0.29, 0.717) is 22.5 Å². The number of nitrogens with one attached hydrogen (secondary N) is 1. The van der Waals surface area contributed by atoms with Crippen LogP contribution in [0.4, 0.5) is 5.82 Å². The highest BCUT2D eigenvalue weighted by molar-refractivity contribution is 6.06. The Bertz CT molecular complexity index is 1020. The second-order valence-corrected chi connectivity index (χ2v) is 7.43. The number of benzene rings is 1. The molecule has 29 heavy (non-hydrogen) atoms. The number of amides is 1. The third-order valence-electron chi connectivity index (χ3n) is 6.09. The minimum absolute atomic E-state index is 0.0287. The molecule has 0 aliphatic carbocycles. The molecule has 1 aliphatic rings. The molecule has 3 atom stereocenters. The molecule has 3 aromatic rings. The quantitative estimate of drug-likeness (QED) is 0.688. The van der Waals surface area contributed by atoms with Crippen LogP contribution in [0.3, 0.4) is 0 Å². The van der Waals surface area contributed by atoms with Crippen molar-refractivity contribution in [3.63, 3.8) is 0 Å². The molecule has 2 aromatic heterocycles. The lowest BCUT2D eigenvalue weighted by atomic mass is 9.83. The van der Waals surface area contributed by atoms with E-state index in [1.807, 2.05) is 13.0 Å². The average Bonchev–Trinajstić information content (AvgIpc) is 3.29. The van der Waals surface area contributed by atoms with Crippen LogP contribution in [0.15, 0.2) is 43.0 Å². The monoisotopic (exact) mass is 395 g/mol. The summed E-state index contributed by atoms with van der Waals surface area (Å²) in [6.45, 7) is 6.15. The SMILES string of the molecule is CCC1(CC)O[C@@H](n2cnc3c(NC(=O)c4ccccc4)ncnc32)[C@H](O)[C@@H]1C. The molecule has 0 saturated carbocycles. The summed E-state index contributed by atoms with van der Waals surface area (Å²) in [5.74, 6) is 0.0151. The van der Waals surface area contributed by atoms with Gasteiger partial charge in [-0.25, -0.2) is 15.0 Å². The van der Waals surface area contributed by atoms with Gasteiger partial charge in [-0.15, -0.1) is 0 Å². The van der Waals surface area contributed by atoms with Gasteiger partial charge < -0.3 is 15.2 Å². The number of aliphatic hydroxyl groups is 1. The highest BCUT2D eigenvalue weighted by Crippen LogP contribution is 2.46. The first kappa shape index (κ1) is 19.5. The van der Waals surface area contributed by atoms with Gasteiger partial charge in [0, 0.05) is 11.5 Å². The van der Waals surface area contributed by atoms with Gasteiger partial charge in [0.15, 0.2) is 23.2 Å². The fraction of sp³-hybridized carbons (Fsp3) is 0.429. The second kappa shape index (κ2) is 7.53. The number of fused-ring (bicyclic) bond motifs is 1. The van der Waals surface area contributed by atoms with Crippen molar-refractivity contribution in [3.8, 4) is 0 Å². The number of ether oxygens (including phenoxy) is 1. The maximum atomic E-state index is 12.5. The Morgan fingerprint density at radius 3 is 2.59 bits per heavy atom. The Labute approximate surface area is 169 Å². The smallest absolute Gasteiger partial charge is 0.256 e. The van der Waals surface area contributed by atoms with Gasteiger partial charge in [0.2, 0.25) is 0 Å². The van der Waals surface area contributed by atoms with Gasteiger partial charge in [-0.3, -0.25) is 9.36 Å². The molecule has 0 bridgehead atoms. The molecule has 8 nitrogen and oxygen atoms in total. The zero-order valence-electron chi connectivity index (χ0n) is 16.7. The summed E-state index contributed by atoms with van der Waals surface area (Å²) in [5, 5.41) is 13.7. The van der Waals surface area contributed by atoms with Crippen LogP contribution < -0.4 is 5.32 Å². The topological polar surface area (TPSA) is 102 Å². The van der Waals surface area contributed by atoms with E-state index in [4.69, 9.17) is 4.74 Å². The molecule has 0 spiro atoms. The van der Waals surface area contributed by atoms with Gasteiger partial charge in [0.1, 0.15) is 12.4 Å². The number of carbonyl (C=O) groups excluding carboxylic acids is 1. The number of imidazole rings is 1. The predicted molar refractivity (Wildman–Crippen MR) is 108 cm³/mol. The van der Waals surface area contributed by atoms with E-state index in [0.717, 1.165) is 12.8 Å². The van der Waals surface area contributed by atoms with Crippen molar-refractivity contribution in [1.82, 2.24) is 19.5 Å². The Morgan fingerprint density at radius 2 is 1.93 bits per heavy atom. The molecule has 8 heteroatoms. The average molecular weight is 395 g/mol. The van der Waals surface area contributed by atoms with E-state index in [9.17, 15) is 9.90 Å². The number of aliphatic hydroxyl groups excluding tert-OH is 1. The zero-order chi connectivity index (χ0) is 20.6. The molecule has 152 valence electrons. The minimum atomic E-state index is -0.690. The van der Waals surface area contributed by atoms with Crippen LogP contribution in [0.2, 0.25) is 0 Å². The molecule has 0 unspecified atom stereocenters. The van der Waals surface area contributed by atoms with E-state index >= 15 is 0 Å². The van der Waals surface area contributed by atoms with E-state index in [1.54, 1.807) is 35.2 Å². The minimum Gasteiger partial charge on any atom is -0.388 e. The van der Waals surface area contributed by atoms with Crippen LogP contribution in [-0.4, -0.2) is 42.2 Å². The summed E-state index contributed by atoms with van der Waals surface area (Å²) in [4.78, 5) is 25.4. The first-order valence-electron chi connectivity index (χ1n) is 9.90. The first-order valence-corrected chi connectivity index (χ1v) is 9.90. The summed E-state index contributed by atoms with van der Waals surface area (Å²) < 4.78 is 8.07. The van der Waals surface area contributed by atoms with Crippen LogP contribution in [0.25, 0.3) is 11.2 Å². The van der Waals surface area contributed by atoms with Crippen LogP contribution >= 0.6 is 0 Å². The van der Waals surface area contributed by atoms with Gasteiger partial charge in [-0.05, 0) is 25.0 Å². The maximum absolute atomic E-state index is 12.5. The third kappa shape index (κ3) is 3.18. The van der Waals surface area contributed by atoms with Crippen molar-refractivity contribution in [2.24, 2.45) is 5.92 Å². The standard InChI is InChI=1S/C21H25N5O3/c1-4-21(5-2)13(3)16(27)20(29-21)26-12-24-15-17(22-11-23-18(15)26)25-19(28)14-9-7-6-8-10-14/h6-13,16,20,27H,4-5H2,1-3H3,(H,22,23,25,28)/t13-,16+,20+/m0/s1. The molecule has 3 heterocycles. The Balaban J connectivity index is 1.67. The van der Waals surface area contributed by atoms with Gasteiger partial charge in [-0.1, -0.05) is 39.0 Å². The molecule has 4 rings (SSSR count). The second-order valence-electron chi connectivity index (χ2n) is 7.43. The number of hydrogen-bond acceptors (Lipinski definition) is 6. The lowest BCUT2D eigenvalue weighted by Gasteiger charge is -2.30. The number of hydrogen-bond donors (Lipinski definition) is 2. The van der Waals surface area contributed by atoms with Crippen molar-refractivity contribution in [2.75, 3.05) is 5.32 Å². The van der Waals surface area contributed by atoms with Crippen molar-refractivity contribution in [1.29, 1.82) is 0 Å². The van der Waals surface area contributed by atoms with Crippen LogP contribution in [0.1, 0.15) is 50.2 Å². The van der Waals surface area contributed by atoms with Gasteiger partial charge >= 0.3 is 0 Å². The fourth-order valence-corrected chi connectivity index (χ4v) is 4.16. The molecule has 1 aliphatic heterocycles. The number of carbonyl (C=O) groups is 1. The van der Waals surface area contributed by atoms with E-state index < -0.39 is 17.9 Å². The summed E-state index contributed by atoms with van der Waals surface area (Å²) in [6, 6.07) is 8.90. The van der Waals surface area contributed by atoms with Crippen LogP contribution in [0, 0.1) is 5.92 Å². The lowest BCUT2D eigenvalue weighted by Crippen LogP contribution is -2.35. The van der Waals surface area contributed by atoms with E-state index in [1.165, 1.54) is 6.33 Å².